The molecule has 0 aliphatic carbocycles. The maximum atomic E-state index is 11.5. The van der Waals surface area contributed by atoms with Gasteiger partial charge in [-0.15, -0.1) is 0 Å². The van der Waals surface area contributed by atoms with E-state index in [4.69, 9.17) is 4.74 Å². The van der Waals surface area contributed by atoms with Crippen LogP contribution in [0.3, 0.4) is 0 Å². The van der Waals surface area contributed by atoms with Gasteiger partial charge in [0.25, 0.3) is 0 Å². The van der Waals surface area contributed by atoms with Gasteiger partial charge >= 0.3 is 5.97 Å². The molecule has 90 valence electrons. The van der Waals surface area contributed by atoms with Crippen LogP contribution in [-0.2, 0) is 4.74 Å². The van der Waals surface area contributed by atoms with Crippen molar-refractivity contribution in [3.05, 3.63) is 35.8 Å². The molecule has 2 aromatic heterocycles. The molecule has 4 nitrogen and oxygen atoms in total. The molecular weight excluding hydrogens is 216 g/mol. The lowest BCUT2D eigenvalue weighted by molar-refractivity contribution is 0.0520. The van der Waals surface area contributed by atoms with E-state index in [9.17, 15) is 4.79 Å². The summed E-state index contributed by atoms with van der Waals surface area (Å²) in [5, 5.41) is 0. The molecule has 0 fully saturated rings. The molecule has 0 radical (unpaired) electrons. The number of imidazole rings is 1. The smallest absolute Gasteiger partial charge is 0.358 e. The minimum absolute atomic E-state index is 0.354. The summed E-state index contributed by atoms with van der Waals surface area (Å²) >= 11 is 0. The summed E-state index contributed by atoms with van der Waals surface area (Å²) in [4.78, 5) is 15.8. The number of pyridine rings is 1. The summed E-state index contributed by atoms with van der Waals surface area (Å²) in [7, 11) is 0. The molecule has 2 heterocycles. The van der Waals surface area contributed by atoms with Crippen LogP contribution in [0.2, 0.25) is 0 Å². The Kier molecular flexibility index (Phi) is 3.13. The third-order valence-corrected chi connectivity index (χ3v) is 2.63. The van der Waals surface area contributed by atoms with Gasteiger partial charge < -0.3 is 9.14 Å². The van der Waals surface area contributed by atoms with Crippen LogP contribution in [0, 0.1) is 0 Å². The highest BCUT2D eigenvalue weighted by Gasteiger charge is 2.11. The van der Waals surface area contributed by atoms with Crippen molar-refractivity contribution >= 4 is 11.6 Å². The van der Waals surface area contributed by atoms with Crippen LogP contribution in [0.4, 0.5) is 0 Å². The van der Waals surface area contributed by atoms with Gasteiger partial charge in [-0.05, 0) is 24.5 Å². The molecule has 0 N–H and O–H groups in total. The van der Waals surface area contributed by atoms with Crippen LogP contribution in [-0.4, -0.2) is 22.0 Å². The average Bonchev–Trinajstić information content (AvgIpc) is 2.71. The normalized spacial score (nSPS) is 11.1. The van der Waals surface area contributed by atoms with Gasteiger partial charge in [0.2, 0.25) is 0 Å². The van der Waals surface area contributed by atoms with Gasteiger partial charge in [-0.25, -0.2) is 9.78 Å². The summed E-state index contributed by atoms with van der Waals surface area (Å²) in [5.74, 6) is 0.0788. The monoisotopic (exact) mass is 232 g/mol. The van der Waals surface area contributed by atoms with Crippen molar-refractivity contribution < 1.29 is 9.53 Å². The first-order valence-electron chi connectivity index (χ1n) is 5.77. The van der Waals surface area contributed by atoms with E-state index in [1.165, 1.54) is 5.56 Å². The number of fused-ring (bicyclic) bond motifs is 1. The number of esters is 1. The van der Waals surface area contributed by atoms with E-state index < -0.39 is 0 Å². The van der Waals surface area contributed by atoms with Gasteiger partial charge in [-0.3, -0.25) is 0 Å². The van der Waals surface area contributed by atoms with Gasteiger partial charge in [0.1, 0.15) is 5.65 Å². The molecule has 0 saturated carbocycles. The third kappa shape index (κ3) is 2.30. The molecule has 17 heavy (non-hydrogen) atoms. The zero-order valence-electron chi connectivity index (χ0n) is 10.3. The summed E-state index contributed by atoms with van der Waals surface area (Å²) in [6, 6.07) is 3.94. The van der Waals surface area contributed by atoms with Gasteiger partial charge in [0.15, 0.2) is 5.69 Å². The molecular formula is C13H16N2O2. The van der Waals surface area contributed by atoms with E-state index in [2.05, 4.69) is 18.8 Å². The molecule has 0 aliphatic heterocycles. The van der Waals surface area contributed by atoms with Crippen molar-refractivity contribution in [1.82, 2.24) is 9.38 Å². The zero-order valence-corrected chi connectivity index (χ0v) is 10.3. The van der Waals surface area contributed by atoms with E-state index >= 15 is 0 Å². The molecule has 0 bridgehead atoms. The summed E-state index contributed by atoms with van der Waals surface area (Å²) < 4.78 is 6.78. The third-order valence-electron chi connectivity index (χ3n) is 2.63. The molecule has 0 atom stereocenters. The Morgan fingerprint density at radius 1 is 1.41 bits per heavy atom. The Morgan fingerprint density at radius 2 is 2.18 bits per heavy atom. The summed E-state index contributed by atoms with van der Waals surface area (Å²) in [6.45, 7) is 6.41. The number of nitrogens with zero attached hydrogens (tertiary/aromatic N) is 2. The largest absolute Gasteiger partial charge is 0.461 e. The highest BCUT2D eigenvalue weighted by atomic mass is 16.5. The van der Waals surface area contributed by atoms with E-state index in [0.717, 1.165) is 5.65 Å². The molecule has 2 rings (SSSR count). The first-order valence-corrected chi connectivity index (χ1v) is 5.77. The van der Waals surface area contributed by atoms with Crippen molar-refractivity contribution in [3.63, 3.8) is 0 Å². The second kappa shape index (κ2) is 4.57. The molecule has 4 heteroatoms. The van der Waals surface area contributed by atoms with Crippen molar-refractivity contribution in [2.75, 3.05) is 6.61 Å². The van der Waals surface area contributed by atoms with Crippen molar-refractivity contribution in [3.8, 4) is 0 Å². The minimum Gasteiger partial charge on any atom is -0.461 e. The fraction of sp³-hybridized carbons (Fsp3) is 0.385. The maximum absolute atomic E-state index is 11.5. The van der Waals surface area contributed by atoms with Gasteiger partial charge in [0.05, 0.1) is 6.61 Å². The Bertz CT molecular complexity index is 543. The number of hydrogen-bond donors (Lipinski definition) is 0. The highest BCUT2D eigenvalue weighted by molar-refractivity contribution is 5.87. The van der Waals surface area contributed by atoms with E-state index in [1.54, 1.807) is 13.1 Å². The lowest BCUT2D eigenvalue weighted by atomic mass is 10.1. The molecule has 0 aromatic carbocycles. The standard InChI is InChI=1S/C13H16N2O2/c1-4-17-13(16)11-8-15-7-10(9(2)3)5-6-12(15)14-11/h5-9H,4H2,1-3H3. The number of carbonyl (C=O) groups is 1. The van der Waals surface area contributed by atoms with Crippen LogP contribution in [0.25, 0.3) is 5.65 Å². The number of aromatic nitrogens is 2. The van der Waals surface area contributed by atoms with Crippen LogP contribution in [0.15, 0.2) is 24.5 Å². The van der Waals surface area contributed by atoms with Crippen LogP contribution in [0.5, 0.6) is 0 Å². The average molecular weight is 232 g/mol. The second-order valence-electron chi connectivity index (χ2n) is 4.23. The lowest BCUT2D eigenvalue weighted by Crippen LogP contribution is -2.04. The van der Waals surface area contributed by atoms with Crippen LogP contribution < -0.4 is 0 Å². The Morgan fingerprint density at radius 3 is 2.82 bits per heavy atom. The summed E-state index contributed by atoms with van der Waals surface area (Å²) in [5.41, 5.74) is 2.33. The molecule has 0 saturated heterocycles. The number of rotatable bonds is 3. The van der Waals surface area contributed by atoms with E-state index in [-0.39, 0.29) is 5.97 Å². The fourth-order valence-corrected chi connectivity index (χ4v) is 1.65. The lowest BCUT2D eigenvalue weighted by Gasteiger charge is -2.04. The van der Waals surface area contributed by atoms with Crippen LogP contribution >= 0.6 is 0 Å². The topological polar surface area (TPSA) is 43.6 Å². The van der Waals surface area contributed by atoms with E-state index in [1.807, 2.05) is 22.7 Å². The number of ether oxygens (including phenoxy) is 1. The predicted octanol–water partition coefficient (Wildman–Crippen LogP) is 2.63. The zero-order chi connectivity index (χ0) is 12.4. The highest BCUT2D eigenvalue weighted by Crippen LogP contribution is 2.15. The molecule has 2 aromatic rings. The second-order valence-corrected chi connectivity index (χ2v) is 4.23. The van der Waals surface area contributed by atoms with Crippen LogP contribution in [0.1, 0.15) is 42.7 Å². The van der Waals surface area contributed by atoms with E-state index in [0.29, 0.717) is 18.2 Å². The Labute approximate surface area is 100 Å². The molecule has 0 amide bonds. The predicted molar refractivity (Wildman–Crippen MR) is 65.2 cm³/mol. The molecule has 0 unspecified atom stereocenters. The molecule has 0 aliphatic rings. The maximum Gasteiger partial charge on any atom is 0.358 e. The summed E-state index contributed by atoms with van der Waals surface area (Å²) in [6.07, 6.45) is 3.70. The molecule has 0 spiro atoms. The quantitative estimate of drug-likeness (QED) is 0.764. The van der Waals surface area contributed by atoms with Gasteiger partial charge in [-0.2, -0.15) is 0 Å². The number of hydrogen-bond acceptors (Lipinski definition) is 3. The Hall–Kier alpha value is -1.84. The minimum atomic E-state index is -0.373. The van der Waals surface area contributed by atoms with Gasteiger partial charge in [0, 0.05) is 12.4 Å². The first kappa shape index (κ1) is 11.6. The number of carbonyl (C=O) groups excluding carboxylic acids is 1. The first-order chi connectivity index (χ1) is 8.11. The Balaban J connectivity index is 2.40. The van der Waals surface area contributed by atoms with Crippen molar-refractivity contribution in [2.45, 2.75) is 26.7 Å². The SMILES string of the molecule is CCOC(=O)c1cn2cc(C(C)C)ccc2n1. The van der Waals surface area contributed by atoms with Gasteiger partial charge in [-0.1, -0.05) is 19.9 Å². The van der Waals surface area contributed by atoms with Crippen molar-refractivity contribution in [1.29, 1.82) is 0 Å². The fourth-order valence-electron chi connectivity index (χ4n) is 1.65. The van der Waals surface area contributed by atoms with Crippen molar-refractivity contribution in [2.24, 2.45) is 0 Å².